The second-order valence-corrected chi connectivity index (χ2v) is 11.3. The van der Waals surface area contributed by atoms with Crippen LogP contribution >= 0.6 is 7.28 Å². The highest BCUT2D eigenvalue weighted by atomic mass is 31.2. The Kier molecular flexibility index (Phi) is 6.56. The minimum Gasteiger partial charge on any atom is -0.494 e. The molecule has 31 heavy (non-hydrogen) atoms. The topological polar surface area (TPSA) is 87.1 Å². The first kappa shape index (κ1) is 22.6. The number of rotatable bonds is 7. The van der Waals surface area contributed by atoms with Gasteiger partial charge in [-0.05, 0) is 50.2 Å². The SMILES string of the molecule is CCOc1ccc(N=[P@@](Oc2ccccc2)(c2ccc(C)o2)C(C)(C)C)c([N+](=O)[O-])c1. The molecular formula is C23H27N2O5P. The van der Waals surface area contributed by atoms with Crippen molar-refractivity contribution >= 4 is 24.2 Å². The van der Waals surface area contributed by atoms with Crippen molar-refractivity contribution < 1.29 is 18.6 Å². The minimum absolute atomic E-state index is 0.139. The average Bonchev–Trinajstić information content (AvgIpc) is 3.15. The molecule has 0 aliphatic heterocycles. The zero-order chi connectivity index (χ0) is 22.6. The van der Waals surface area contributed by atoms with Crippen molar-refractivity contribution in [3.8, 4) is 11.5 Å². The number of para-hydroxylation sites is 1. The Bertz CT molecular complexity index is 1120. The summed E-state index contributed by atoms with van der Waals surface area (Å²) >= 11 is 0. The lowest BCUT2D eigenvalue weighted by atomic mass is 10.2. The second-order valence-electron chi connectivity index (χ2n) is 7.98. The van der Waals surface area contributed by atoms with Crippen LogP contribution in [-0.2, 0) is 0 Å². The third-order valence-electron chi connectivity index (χ3n) is 4.62. The molecular weight excluding hydrogens is 415 g/mol. The van der Waals surface area contributed by atoms with Crippen molar-refractivity contribution in [2.45, 2.75) is 39.8 Å². The van der Waals surface area contributed by atoms with Crippen LogP contribution in [0, 0.1) is 17.0 Å². The minimum atomic E-state index is -2.94. The van der Waals surface area contributed by atoms with Gasteiger partial charge in [0.05, 0.1) is 17.6 Å². The summed E-state index contributed by atoms with van der Waals surface area (Å²) in [5.41, 5.74) is 0.658. The third-order valence-corrected chi connectivity index (χ3v) is 8.25. The van der Waals surface area contributed by atoms with E-state index in [0.29, 0.717) is 23.6 Å². The summed E-state index contributed by atoms with van der Waals surface area (Å²) in [6, 6.07) is 17.7. The van der Waals surface area contributed by atoms with Gasteiger partial charge in [0.25, 0.3) is 5.69 Å². The molecule has 164 valence electrons. The molecule has 3 aromatic rings. The summed E-state index contributed by atoms with van der Waals surface area (Å²) in [5.74, 6) is 1.76. The number of hydrogen-bond acceptors (Lipinski definition) is 6. The number of nitro benzene ring substituents is 1. The predicted molar refractivity (Wildman–Crippen MR) is 123 cm³/mol. The number of furan rings is 1. The molecule has 8 heteroatoms. The Balaban J connectivity index is 2.32. The van der Waals surface area contributed by atoms with Gasteiger partial charge in [0.2, 0.25) is 7.28 Å². The molecule has 2 aromatic carbocycles. The Morgan fingerprint density at radius 1 is 1.06 bits per heavy atom. The number of benzene rings is 2. The van der Waals surface area contributed by atoms with Gasteiger partial charge in [0, 0.05) is 5.16 Å². The standard InChI is InChI=1S/C23H27N2O5P/c1-6-28-19-13-14-20(21(16-19)25(26)27)24-31(23(3,4)5,22-15-12-17(2)29-22)30-18-10-8-7-9-11-18/h7-16H,6H2,1-5H3/t31-/m1/s1. The molecule has 0 radical (unpaired) electrons. The summed E-state index contributed by atoms with van der Waals surface area (Å²) in [5, 5.41) is 11.3. The maximum atomic E-state index is 11.9. The van der Waals surface area contributed by atoms with Crippen LogP contribution in [0.15, 0.2) is 69.8 Å². The molecule has 0 amide bonds. The molecule has 0 saturated carbocycles. The summed E-state index contributed by atoms with van der Waals surface area (Å²) in [6.07, 6.45) is 0. The molecule has 0 saturated heterocycles. The fourth-order valence-electron chi connectivity index (χ4n) is 3.09. The van der Waals surface area contributed by atoms with Crippen LogP contribution < -0.4 is 14.8 Å². The molecule has 3 rings (SSSR count). The maximum absolute atomic E-state index is 11.9. The van der Waals surface area contributed by atoms with E-state index >= 15 is 0 Å². The highest BCUT2D eigenvalue weighted by molar-refractivity contribution is 7.70. The van der Waals surface area contributed by atoms with E-state index in [4.69, 9.17) is 18.4 Å². The molecule has 1 heterocycles. The van der Waals surface area contributed by atoms with E-state index in [1.165, 1.54) is 6.07 Å². The van der Waals surface area contributed by atoms with Gasteiger partial charge in [0.15, 0.2) is 5.50 Å². The van der Waals surface area contributed by atoms with Crippen molar-refractivity contribution in [1.82, 2.24) is 0 Å². The molecule has 0 aliphatic carbocycles. The maximum Gasteiger partial charge on any atom is 0.298 e. The van der Waals surface area contributed by atoms with Gasteiger partial charge in [-0.25, -0.2) is 4.74 Å². The number of hydrogen-bond donors (Lipinski definition) is 0. The van der Waals surface area contributed by atoms with Gasteiger partial charge >= 0.3 is 0 Å². The first-order valence-corrected chi connectivity index (χ1v) is 11.7. The number of ether oxygens (including phenoxy) is 1. The molecule has 0 bridgehead atoms. The van der Waals surface area contributed by atoms with E-state index in [0.717, 1.165) is 5.76 Å². The third kappa shape index (κ3) is 4.83. The Morgan fingerprint density at radius 3 is 2.32 bits per heavy atom. The van der Waals surface area contributed by atoms with E-state index in [9.17, 15) is 10.1 Å². The lowest BCUT2D eigenvalue weighted by molar-refractivity contribution is -0.384. The van der Waals surface area contributed by atoms with E-state index in [1.54, 1.807) is 12.1 Å². The normalized spacial score (nSPS) is 13.3. The quantitative estimate of drug-likeness (QED) is 0.227. The second kappa shape index (κ2) is 8.98. The van der Waals surface area contributed by atoms with Crippen LogP contribution in [0.2, 0.25) is 0 Å². The Labute approximate surface area is 182 Å². The summed E-state index contributed by atoms with van der Waals surface area (Å²) < 4.78 is 23.0. The van der Waals surface area contributed by atoms with Crippen LogP contribution in [0.25, 0.3) is 0 Å². The van der Waals surface area contributed by atoms with Crippen molar-refractivity contribution in [3.05, 3.63) is 76.5 Å². The average molecular weight is 442 g/mol. The van der Waals surface area contributed by atoms with Crippen LogP contribution in [0.1, 0.15) is 33.5 Å². The van der Waals surface area contributed by atoms with Crippen molar-refractivity contribution in [3.63, 3.8) is 0 Å². The predicted octanol–water partition coefficient (Wildman–Crippen LogP) is 6.85. The monoisotopic (exact) mass is 442 g/mol. The summed E-state index contributed by atoms with van der Waals surface area (Å²) in [4.78, 5) is 11.4. The summed E-state index contributed by atoms with van der Waals surface area (Å²) in [6.45, 7) is 10.1. The zero-order valence-corrected chi connectivity index (χ0v) is 19.3. The molecule has 0 aliphatic rings. The van der Waals surface area contributed by atoms with Gasteiger partial charge in [-0.2, -0.15) is 0 Å². The molecule has 1 atom stereocenters. The molecule has 7 nitrogen and oxygen atoms in total. The van der Waals surface area contributed by atoms with Gasteiger partial charge < -0.3 is 13.7 Å². The van der Waals surface area contributed by atoms with Gasteiger partial charge in [-0.3, -0.25) is 10.1 Å². The fraction of sp³-hybridized carbons (Fsp3) is 0.304. The van der Waals surface area contributed by atoms with Gasteiger partial charge in [-0.15, -0.1) is 0 Å². The smallest absolute Gasteiger partial charge is 0.298 e. The first-order valence-electron chi connectivity index (χ1n) is 10.0. The van der Waals surface area contributed by atoms with Crippen LogP contribution in [0.5, 0.6) is 11.5 Å². The van der Waals surface area contributed by atoms with Crippen LogP contribution in [0.3, 0.4) is 0 Å². The molecule has 0 spiro atoms. The van der Waals surface area contributed by atoms with Gasteiger partial charge in [-0.1, -0.05) is 39.0 Å². The molecule has 0 unspecified atom stereocenters. The summed E-state index contributed by atoms with van der Waals surface area (Å²) in [7, 11) is -2.94. The number of nitro groups is 1. The van der Waals surface area contributed by atoms with Crippen molar-refractivity contribution in [2.24, 2.45) is 4.74 Å². The van der Waals surface area contributed by atoms with E-state index in [1.807, 2.05) is 77.1 Å². The van der Waals surface area contributed by atoms with Crippen LogP contribution in [-0.4, -0.2) is 16.7 Å². The Morgan fingerprint density at radius 2 is 1.77 bits per heavy atom. The molecule has 1 aromatic heterocycles. The largest absolute Gasteiger partial charge is 0.494 e. The van der Waals surface area contributed by atoms with Crippen molar-refractivity contribution in [1.29, 1.82) is 0 Å². The highest BCUT2D eigenvalue weighted by Crippen LogP contribution is 2.62. The van der Waals surface area contributed by atoms with Crippen molar-refractivity contribution in [2.75, 3.05) is 6.61 Å². The lowest BCUT2D eigenvalue weighted by Crippen LogP contribution is -2.26. The first-order chi connectivity index (χ1) is 14.7. The highest BCUT2D eigenvalue weighted by Gasteiger charge is 2.42. The fourth-order valence-corrected chi connectivity index (χ4v) is 6.00. The van der Waals surface area contributed by atoms with E-state index in [-0.39, 0.29) is 11.4 Å². The zero-order valence-electron chi connectivity index (χ0n) is 18.4. The number of aryl methyl sites for hydroxylation is 1. The van der Waals surface area contributed by atoms with Crippen LogP contribution in [0.4, 0.5) is 11.4 Å². The molecule has 0 N–H and O–H groups in total. The van der Waals surface area contributed by atoms with Gasteiger partial charge in [0.1, 0.15) is 22.9 Å². The number of nitrogens with zero attached hydrogens (tertiary/aromatic N) is 2. The van der Waals surface area contributed by atoms with E-state index in [2.05, 4.69) is 0 Å². The molecule has 0 fully saturated rings. The van der Waals surface area contributed by atoms with E-state index < -0.39 is 17.4 Å². The lowest BCUT2D eigenvalue weighted by Gasteiger charge is -2.35. The Hall–Kier alpha value is -3.05.